The van der Waals surface area contributed by atoms with E-state index >= 15 is 0 Å². The van der Waals surface area contributed by atoms with Gasteiger partial charge in [-0.25, -0.2) is 28.0 Å². The van der Waals surface area contributed by atoms with Gasteiger partial charge in [0.2, 0.25) is 5.88 Å². The number of halogens is 1. The Bertz CT molecular complexity index is 1340. The minimum atomic E-state index is -3.25. The number of nitrogens with zero attached hydrogens (tertiary/aromatic N) is 4. The maximum atomic E-state index is 12.7. The molecule has 1 amide bonds. The van der Waals surface area contributed by atoms with E-state index in [1.54, 1.807) is 30.0 Å². The van der Waals surface area contributed by atoms with Crippen LogP contribution in [0.15, 0.2) is 24.5 Å². The summed E-state index contributed by atoms with van der Waals surface area (Å²) >= 11 is 6.30. The molecule has 3 fully saturated rings. The second-order valence-corrected chi connectivity index (χ2v) is 12.5. The molecule has 2 atom stereocenters. The van der Waals surface area contributed by atoms with Gasteiger partial charge in [0.25, 0.3) is 0 Å². The van der Waals surface area contributed by atoms with Crippen molar-refractivity contribution in [1.82, 2.24) is 14.9 Å². The fourth-order valence-corrected chi connectivity index (χ4v) is 7.01. The highest BCUT2D eigenvalue weighted by molar-refractivity contribution is 7.91. The van der Waals surface area contributed by atoms with Gasteiger partial charge in [0.15, 0.2) is 15.5 Å². The summed E-state index contributed by atoms with van der Waals surface area (Å²) in [6, 6.07) is 4.91. The van der Waals surface area contributed by atoms with E-state index in [-0.39, 0.29) is 24.6 Å². The number of sulfone groups is 1. The van der Waals surface area contributed by atoms with Crippen LogP contribution < -0.4 is 10.1 Å². The molecule has 2 unspecified atom stereocenters. The summed E-state index contributed by atoms with van der Waals surface area (Å²) in [7, 11) is -3.25. The van der Waals surface area contributed by atoms with E-state index in [1.807, 2.05) is 6.92 Å². The molecule has 2 saturated heterocycles. The third-order valence-corrected chi connectivity index (χ3v) is 9.13. The predicted molar refractivity (Wildman–Crippen MR) is 134 cm³/mol. The lowest BCUT2D eigenvalue weighted by atomic mass is 9.87. The number of amides is 1. The maximum Gasteiger partial charge on any atom is 0.410 e. The van der Waals surface area contributed by atoms with Crippen molar-refractivity contribution in [3.05, 3.63) is 46.5 Å². The fourth-order valence-electron chi connectivity index (χ4n) is 4.75. The number of nitrogens with one attached hydrogen (secondary N) is 1. The van der Waals surface area contributed by atoms with Crippen LogP contribution >= 0.6 is 11.6 Å². The number of hydrogen-bond donors (Lipinski definition) is 1. The number of ether oxygens (including phenoxy) is 2. The van der Waals surface area contributed by atoms with Crippen LogP contribution in [0.1, 0.15) is 25.3 Å². The number of rotatable bonds is 5. The van der Waals surface area contributed by atoms with E-state index in [0.717, 1.165) is 12.8 Å². The number of hydrogen-bond acceptors (Lipinski definition) is 8. The van der Waals surface area contributed by atoms with E-state index in [0.29, 0.717) is 33.7 Å². The molecule has 3 heterocycles. The van der Waals surface area contributed by atoms with Gasteiger partial charge in [-0.2, -0.15) is 0 Å². The van der Waals surface area contributed by atoms with E-state index < -0.39 is 39.5 Å². The van der Waals surface area contributed by atoms with Crippen LogP contribution in [-0.2, 0) is 14.6 Å². The van der Waals surface area contributed by atoms with Gasteiger partial charge < -0.3 is 19.7 Å². The molecule has 10 nitrogen and oxygen atoms in total. The van der Waals surface area contributed by atoms with E-state index in [4.69, 9.17) is 27.6 Å². The average Bonchev–Trinajstić information content (AvgIpc) is 3.53. The van der Waals surface area contributed by atoms with Crippen LogP contribution in [0, 0.1) is 25.3 Å². The number of carbonyl (C=O) groups excluding carboxylic acids is 1. The van der Waals surface area contributed by atoms with Gasteiger partial charge in [-0.15, -0.1) is 0 Å². The minimum Gasteiger partial charge on any atom is -0.473 e. The first kappa shape index (κ1) is 24.6. The van der Waals surface area contributed by atoms with Crippen molar-refractivity contribution >= 4 is 44.7 Å². The third-order valence-electron chi connectivity index (χ3n) is 6.94. The molecule has 12 heteroatoms. The maximum absolute atomic E-state index is 12.7. The first-order valence-electron chi connectivity index (χ1n) is 11.7. The Morgan fingerprint density at radius 1 is 1.25 bits per heavy atom. The Hall–Kier alpha value is -3.10. The zero-order valence-electron chi connectivity index (χ0n) is 19.9. The second-order valence-electron chi connectivity index (χ2n) is 9.96. The van der Waals surface area contributed by atoms with E-state index in [1.165, 1.54) is 6.33 Å². The van der Waals surface area contributed by atoms with Crippen molar-refractivity contribution in [2.75, 3.05) is 29.9 Å². The van der Waals surface area contributed by atoms with Gasteiger partial charge in [-0.1, -0.05) is 17.7 Å². The largest absolute Gasteiger partial charge is 0.473 e. The fraction of sp³-hybridized carbons (Fsp3) is 0.500. The summed E-state index contributed by atoms with van der Waals surface area (Å²) in [5.41, 5.74) is 1.24. The number of benzene rings is 1. The monoisotopic (exact) mass is 531 g/mol. The van der Waals surface area contributed by atoms with Gasteiger partial charge in [0.1, 0.15) is 23.9 Å². The summed E-state index contributed by atoms with van der Waals surface area (Å²) in [4.78, 5) is 26.3. The molecule has 1 saturated carbocycles. The SMILES string of the molecule is [C-]#[N+]c1ccc(Nc2ncnc(OC3C4CN(C(=O)OC5(C)CC5)CC3CS(=O)(=O)C4)c2C)c(Cl)c1. The van der Waals surface area contributed by atoms with Gasteiger partial charge in [0, 0.05) is 24.9 Å². The van der Waals surface area contributed by atoms with Crippen LogP contribution in [0.5, 0.6) is 5.88 Å². The number of fused-ring (bicyclic) bond motifs is 2. The molecule has 1 N–H and O–H groups in total. The molecule has 3 aliphatic rings. The Morgan fingerprint density at radius 2 is 1.94 bits per heavy atom. The number of carbonyl (C=O) groups is 1. The summed E-state index contributed by atoms with van der Waals surface area (Å²) in [6.07, 6.45) is 2.24. The van der Waals surface area contributed by atoms with Crippen molar-refractivity contribution in [3.63, 3.8) is 0 Å². The summed E-state index contributed by atoms with van der Waals surface area (Å²) < 4.78 is 37.0. The summed E-state index contributed by atoms with van der Waals surface area (Å²) in [5, 5.41) is 3.53. The van der Waals surface area contributed by atoms with E-state index in [9.17, 15) is 13.2 Å². The van der Waals surface area contributed by atoms with Crippen LogP contribution in [0.2, 0.25) is 5.02 Å². The Balaban J connectivity index is 1.34. The van der Waals surface area contributed by atoms with Gasteiger partial charge >= 0.3 is 6.09 Å². The number of anilines is 2. The van der Waals surface area contributed by atoms with Crippen LogP contribution in [0.4, 0.5) is 22.0 Å². The quantitative estimate of drug-likeness (QED) is 0.572. The summed E-state index contributed by atoms with van der Waals surface area (Å²) in [5.74, 6) is -0.107. The molecule has 0 radical (unpaired) electrons. The molecular formula is C24H26ClN5O5S. The minimum absolute atomic E-state index is 0.0620. The highest BCUT2D eigenvalue weighted by Crippen LogP contribution is 2.41. The molecule has 190 valence electrons. The van der Waals surface area contributed by atoms with Gasteiger partial charge in [-0.3, -0.25) is 0 Å². The molecule has 1 aromatic heterocycles. The Labute approximate surface area is 214 Å². The second kappa shape index (κ2) is 9.09. The average molecular weight is 532 g/mol. The molecule has 5 rings (SSSR count). The van der Waals surface area contributed by atoms with Crippen molar-refractivity contribution in [3.8, 4) is 5.88 Å². The highest BCUT2D eigenvalue weighted by atomic mass is 35.5. The van der Waals surface area contributed by atoms with E-state index in [2.05, 4.69) is 20.1 Å². The first-order valence-corrected chi connectivity index (χ1v) is 13.9. The first-order chi connectivity index (χ1) is 17.1. The van der Waals surface area contributed by atoms with Gasteiger partial charge in [-0.05, 0) is 38.8 Å². The lowest BCUT2D eigenvalue weighted by Crippen LogP contribution is -2.60. The topological polar surface area (TPSA) is 115 Å². The molecule has 2 bridgehead atoms. The molecule has 0 spiro atoms. The van der Waals surface area contributed by atoms with Crippen molar-refractivity contribution in [2.45, 2.75) is 38.4 Å². The Morgan fingerprint density at radius 3 is 2.56 bits per heavy atom. The lowest BCUT2D eigenvalue weighted by Gasteiger charge is -2.46. The third kappa shape index (κ3) is 5.06. The molecule has 1 aromatic carbocycles. The molecule has 1 aliphatic carbocycles. The van der Waals surface area contributed by atoms with Crippen molar-refractivity contribution in [2.24, 2.45) is 11.8 Å². The number of piperidine rings is 1. The van der Waals surface area contributed by atoms with Crippen molar-refractivity contribution < 1.29 is 22.7 Å². The molecule has 36 heavy (non-hydrogen) atoms. The standard InChI is InChI=1S/C24H26ClN5O5S/c1-14-21(29-19-5-4-17(26-3)8-18(19)25)27-13-28-22(14)34-20-15-9-30(23(31)35-24(2)6-7-24)10-16(20)12-36(32,33)11-15/h4-5,8,13,15-16,20H,6-7,9-12H2,1-2H3,(H,27,28,29). The van der Waals surface area contributed by atoms with Crippen molar-refractivity contribution in [1.29, 1.82) is 0 Å². The van der Waals surface area contributed by atoms with Crippen LogP contribution in [-0.4, -0.2) is 65.7 Å². The Kier molecular flexibility index (Phi) is 6.21. The van der Waals surface area contributed by atoms with Gasteiger partial charge in [0.05, 0.1) is 34.4 Å². The number of likely N-dealkylation sites (tertiary alicyclic amines) is 1. The zero-order valence-corrected chi connectivity index (χ0v) is 21.5. The van der Waals surface area contributed by atoms with Crippen LogP contribution in [0.25, 0.3) is 4.85 Å². The number of aromatic nitrogens is 2. The normalized spacial score (nSPS) is 25.4. The smallest absolute Gasteiger partial charge is 0.410 e. The summed E-state index contributed by atoms with van der Waals surface area (Å²) in [6.45, 7) is 11.3. The molecule has 2 aromatic rings. The highest BCUT2D eigenvalue weighted by Gasteiger charge is 2.50. The molecule has 2 aliphatic heterocycles. The molecular weight excluding hydrogens is 506 g/mol. The predicted octanol–water partition coefficient (Wildman–Crippen LogP) is 4.15. The zero-order chi connectivity index (χ0) is 25.7. The lowest BCUT2D eigenvalue weighted by molar-refractivity contribution is -0.00993. The van der Waals surface area contributed by atoms with Crippen LogP contribution in [0.3, 0.4) is 0 Å².